The molecular formula is C17H21N3O2S. The van der Waals surface area contributed by atoms with Crippen LogP contribution in [0, 0.1) is 5.92 Å². The molecule has 3 rings (SSSR count). The van der Waals surface area contributed by atoms with Crippen molar-refractivity contribution in [2.75, 3.05) is 25.0 Å². The maximum atomic E-state index is 12.0. The van der Waals surface area contributed by atoms with Crippen LogP contribution < -0.4 is 5.32 Å². The molecule has 1 aliphatic heterocycles. The van der Waals surface area contributed by atoms with Gasteiger partial charge < -0.3 is 10.4 Å². The number of hydrogen-bond acceptors (Lipinski definition) is 5. The molecule has 5 nitrogen and oxygen atoms in total. The van der Waals surface area contributed by atoms with Gasteiger partial charge in [-0.25, -0.2) is 4.98 Å². The van der Waals surface area contributed by atoms with E-state index >= 15 is 0 Å². The number of carbonyl (C=O) groups is 1. The zero-order valence-corrected chi connectivity index (χ0v) is 13.8. The average molecular weight is 331 g/mol. The number of aromatic nitrogens is 1. The number of aliphatic hydroxyl groups is 1. The molecule has 0 atom stereocenters. The van der Waals surface area contributed by atoms with Crippen molar-refractivity contribution in [3.63, 3.8) is 0 Å². The van der Waals surface area contributed by atoms with Crippen molar-refractivity contribution >= 4 is 22.9 Å². The fourth-order valence-electron chi connectivity index (χ4n) is 2.85. The van der Waals surface area contributed by atoms with Crippen LogP contribution in [0.3, 0.4) is 0 Å². The Bertz CT molecular complexity index is 637. The third-order valence-corrected chi connectivity index (χ3v) is 4.81. The third kappa shape index (κ3) is 4.37. The van der Waals surface area contributed by atoms with E-state index in [1.807, 2.05) is 18.2 Å². The van der Waals surface area contributed by atoms with Gasteiger partial charge in [-0.05, 0) is 49.5 Å². The molecule has 1 fully saturated rings. The van der Waals surface area contributed by atoms with Crippen LogP contribution in [-0.2, 0) is 6.54 Å². The maximum absolute atomic E-state index is 12.0. The summed E-state index contributed by atoms with van der Waals surface area (Å²) in [6.45, 7) is 3.20. The van der Waals surface area contributed by atoms with Crippen molar-refractivity contribution < 1.29 is 9.90 Å². The van der Waals surface area contributed by atoms with E-state index in [-0.39, 0.29) is 5.91 Å². The first-order chi connectivity index (χ1) is 11.2. The Hall–Kier alpha value is -1.76. The Balaban J connectivity index is 1.58. The number of nitrogens with zero attached hydrogens (tertiary/aromatic N) is 2. The number of benzene rings is 1. The molecule has 1 aromatic carbocycles. The van der Waals surface area contributed by atoms with E-state index in [0.717, 1.165) is 38.2 Å². The van der Waals surface area contributed by atoms with Gasteiger partial charge >= 0.3 is 0 Å². The van der Waals surface area contributed by atoms with Gasteiger partial charge in [0.15, 0.2) is 0 Å². The summed E-state index contributed by atoms with van der Waals surface area (Å²) in [5.41, 5.74) is 4.09. The van der Waals surface area contributed by atoms with Crippen LogP contribution in [0.4, 0.5) is 5.69 Å². The smallest absolute Gasteiger partial charge is 0.275 e. The quantitative estimate of drug-likeness (QED) is 0.884. The normalized spacial score (nSPS) is 16.4. The van der Waals surface area contributed by atoms with Crippen LogP contribution >= 0.6 is 11.3 Å². The minimum atomic E-state index is -0.174. The highest BCUT2D eigenvalue weighted by Crippen LogP contribution is 2.20. The van der Waals surface area contributed by atoms with Crippen LogP contribution in [0.15, 0.2) is 35.2 Å². The number of thiazole rings is 1. The fourth-order valence-corrected chi connectivity index (χ4v) is 3.38. The predicted molar refractivity (Wildman–Crippen MR) is 91.6 cm³/mol. The molecule has 1 amide bonds. The number of likely N-dealkylation sites (tertiary alicyclic amines) is 1. The van der Waals surface area contributed by atoms with Crippen LogP contribution in [0.1, 0.15) is 28.9 Å². The molecule has 0 aliphatic carbocycles. The molecule has 23 heavy (non-hydrogen) atoms. The molecule has 122 valence electrons. The minimum Gasteiger partial charge on any atom is -0.396 e. The summed E-state index contributed by atoms with van der Waals surface area (Å²) >= 11 is 1.41. The van der Waals surface area contributed by atoms with Gasteiger partial charge in [0, 0.05) is 24.2 Å². The van der Waals surface area contributed by atoms with Gasteiger partial charge in [-0.1, -0.05) is 12.1 Å². The van der Waals surface area contributed by atoms with E-state index in [2.05, 4.69) is 21.3 Å². The van der Waals surface area contributed by atoms with Crippen LogP contribution in [0.25, 0.3) is 0 Å². The molecule has 1 aliphatic rings. The van der Waals surface area contributed by atoms with Crippen LogP contribution in [0.5, 0.6) is 0 Å². The van der Waals surface area contributed by atoms with Gasteiger partial charge in [-0.3, -0.25) is 9.69 Å². The molecule has 0 bridgehead atoms. The van der Waals surface area contributed by atoms with E-state index in [4.69, 9.17) is 0 Å². The Morgan fingerprint density at radius 2 is 2.22 bits per heavy atom. The van der Waals surface area contributed by atoms with Gasteiger partial charge in [0.2, 0.25) is 0 Å². The standard InChI is InChI=1S/C17H21N3O2S/c21-10-13-4-6-20(7-5-13)9-14-2-1-3-15(8-14)19-17(22)16-11-23-12-18-16/h1-3,8,11-13,21H,4-7,9-10H2,(H,19,22). The number of carbonyl (C=O) groups excluding carboxylic acids is 1. The molecule has 0 saturated carbocycles. The Morgan fingerprint density at radius 3 is 2.91 bits per heavy atom. The first-order valence-electron chi connectivity index (χ1n) is 7.86. The molecular weight excluding hydrogens is 310 g/mol. The zero-order chi connectivity index (χ0) is 16.1. The van der Waals surface area contributed by atoms with Crippen molar-refractivity contribution in [2.45, 2.75) is 19.4 Å². The predicted octanol–water partition coefficient (Wildman–Crippen LogP) is 2.60. The lowest BCUT2D eigenvalue weighted by molar-refractivity contribution is 0.102. The van der Waals surface area contributed by atoms with Gasteiger partial charge in [-0.15, -0.1) is 11.3 Å². The van der Waals surface area contributed by atoms with E-state index < -0.39 is 0 Å². The first kappa shape index (κ1) is 16.1. The summed E-state index contributed by atoms with van der Waals surface area (Å²) in [6.07, 6.45) is 2.10. The number of hydrogen-bond donors (Lipinski definition) is 2. The highest BCUT2D eigenvalue weighted by molar-refractivity contribution is 7.07. The van der Waals surface area contributed by atoms with E-state index in [1.165, 1.54) is 16.9 Å². The lowest BCUT2D eigenvalue weighted by Gasteiger charge is -2.31. The number of nitrogens with one attached hydrogen (secondary N) is 1. The lowest BCUT2D eigenvalue weighted by Crippen LogP contribution is -2.34. The van der Waals surface area contributed by atoms with Crippen LogP contribution in [-0.4, -0.2) is 40.6 Å². The van der Waals surface area contributed by atoms with Crippen molar-refractivity contribution in [3.8, 4) is 0 Å². The summed E-state index contributed by atoms with van der Waals surface area (Å²) in [5, 5.41) is 13.8. The van der Waals surface area contributed by atoms with Crippen LogP contribution in [0.2, 0.25) is 0 Å². The number of piperidine rings is 1. The number of amides is 1. The van der Waals surface area contributed by atoms with Gasteiger partial charge in [0.25, 0.3) is 5.91 Å². The molecule has 0 radical (unpaired) electrons. The second kappa shape index (κ2) is 7.68. The Kier molecular flexibility index (Phi) is 5.38. The van der Waals surface area contributed by atoms with Crippen molar-refractivity contribution in [1.82, 2.24) is 9.88 Å². The second-order valence-electron chi connectivity index (χ2n) is 5.93. The first-order valence-corrected chi connectivity index (χ1v) is 8.80. The number of anilines is 1. The number of aliphatic hydroxyl groups excluding tert-OH is 1. The van der Waals surface area contributed by atoms with Gasteiger partial charge in [0.1, 0.15) is 5.69 Å². The highest BCUT2D eigenvalue weighted by Gasteiger charge is 2.18. The largest absolute Gasteiger partial charge is 0.396 e. The van der Waals surface area contributed by atoms with Gasteiger partial charge in [-0.2, -0.15) is 0 Å². The van der Waals surface area contributed by atoms with Crippen molar-refractivity contribution in [2.24, 2.45) is 5.92 Å². The average Bonchev–Trinajstić information content (AvgIpc) is 3.10. The summed E-state index contributed by atoms with van der Waals surface area (Å²) in [6, 6.07) is 7.96. The SMILES string of the molecule is O=C(Nc1cccc(CN2CCC(CO)CC2)c1)c1cscn1. The Morgan fingerprint density at radius 1 is 1.39 bits per heavy atom. The van der Waals surface area contributed by atoms with Crippen molar-refractivity contribution in [3.05, 3.63) is 46.4 Å². The second-order valence-corrected chi connectivity index (χ2v) is 6.65. The topological polar surface area (TPSA) is 65.5 Å². The number of rotatable bonds is 5. The highest BCUT2D eigenvalue weighted by atomic mass is 32.1. The molecule has 1 saturated heterocycles. The maximum Gasteiger partial charge on any atom is 0.275 e. The summed E-state index contributed by atoms with van der Waals surface area (Å²) in [7, 11) is 0. The summed E-state index contributed by atoms with van der Waals surface area (Å²) < 4.78 is 0. The minimum absolute atomic E-state index is 0.174. The monoisotopic (exact) mass is 331 g/mol. The summed E-state index contributed by atoms with van der Waals surface area (Å²) in [4.78, 5) is 18.5. The zero-order valence-electron chi connectivity index (χ0n) is 12.9. The van der Waals surface area contributed by atoms with E-state index in [0.29, 0.717) is 18.2 Å². The van der Waals surface area contributed by atoms with E-state index in [1.54, 1.807) is 10.9 Å². The molecule has 0 spiro atoms. The molecule has 2 aromatic rings. The lowest BCUT2D eigenvalue weighted by atomic mass is 9.97. The van der Waals surface area contributed by atoms with Gasteiger partial charge in [0.05, 0.1) is 5.51 Å². The summed E-state index contributed by atoms with van der Waals surface area (Å²) in [5.74, 6) is 0.280. The molecule has 1 aromatic heterocycles. The Labute approximate surface area is 140 Å². The molecule has 6 heteroatoms. The molecule has 2 N–H and O–H groups in total. The van der Waals surface area contributed by atoms with Crippen molar-refractivity contribution in [1.29, 1.82) is 0 Å². The fraction of sp³-hybridized carbons (Fsp3) is 0.412. The van der Waals surface area contributed by atoms with E-state index in [9.17, 15) is 9.90 Å². The molecule has 0 unspecified atom stereocenters. The third-order valence-electron chi connectivity index (χ3n) is 4.22. The molecule has 2 heterocycles.